The molecule has 0 spiro atoms. The summed E-state index contributed by atoms with van der Waals surface area (Å²) in [5.41, 5.74) is 1.96. The van der Waals surface area contributed by atoms with Crippen LogP contribution < -0.4 is 0 Å². The SMILES string of the molecule is O=C(CCc1ccccc1)N1CCSC(c2ccccc2F)CC1. The number of rotatable bonds is 4. The molecule has 2 aromatic carbocycles. The minimum Gasteiger partial charge on any atom is -0.342 e. The van der Waals surface area contributed by atoms with Gasteiger partial charge in [-0.1, -0.05) is 48.5 Å². The lowest BCUT2D eigenvalue weighted by Gasteiger charge is -2.20. The van der Waals surface area contributed by atoms with E-state index < -0.39 is 0 Å². The van der Waals surface area contributed by atoms with Gasteiger partial charge in [-0.25, -0.2) is 4.39 Å². The van der Waals surface area contributed by atoms with Crippen LogP contribution >= 0.6 is 11.8 Å². The molecule has 1 aliphatic rings. The second-order valence-corrected chi connectivity index (χ2v) is 7.35. The van der Waals surface area contributed by atoms with Gasteiger partial charge in [0.05, 0.1) is 0 Å². The molecule has 1 fully saturated rings. The average Bonchev–Trinajstić information content (AvgIpc) is 2.87. The Morgan fingerprint density at radius 1 is 1.08 bits per heavy atom. The summed E-state index contributed by atoms with van der Waals surface area (Å²) in [6.07, 6.45) is 2.13. The topological polar surface area (TPSA) is 20.3 Å². The molecule has 3 rings (SSSR count). The Labute approximate surface area is 147 Å². The van der Waals surface area contributed by atoms with Crippen LogP contribution in [-0.4, -0.2) is 29.6 Å². The van der Waals surface area contributed by atoms with Crippen LogP contribution in [-0.2, 0) is 11.2 Å². The maximum atomic E-state index is 14.0. The molecule has 0 aliphatic carbocycles. The highest BCUT2D eigenvalue weighted by Gasteiger charge is 2.23. The summed E-state index contributed by atoms with van der Waals surface area (Å²) in [4.78, 5) is 14.4. The predicted octanol–water partition coefficient (Wildman–Crippen LogP) is 4.47. The molecular weight excluding hydrogens is 321 g/mol. The van der Waals surface area contributed by atoms with Gasteiger partial charge in [-0.15, -0.1) is 0 Å². The first kappa shape index (κ1) is 17.0. The molecule has 0 N–H and O–H groups in total. The molecule has 0 aromatic heterocycles. The summed E-state index contributed by atoms with van der Waals surface area (Å²) in [5.74, 6) is 0.920. The highest BCUT2D eigenvalue weighted by Crippen LogP contribution is 2.35. The molecule has 24 heavy (non-hydrogen) atoms. The fraction of sp³-hybridized carbons (Fsp3) is 0.350. The molecule has 1 unspecified atom stereocenters. The van der Waals surface area contributed by atoms with E-state index in [1.54, 1.807) is 17.8 Å². The Morgan fingerprint density at radius 3 is 2.62 bits per heavy atom. The van der Waals surface area contributed by atoms with Crippen LogP contribution in [0.15, 0.2) is 54.6 Å². The fourth-order valence-corrected chi connectivity index (χ4v) is 4.31. The predicted molar refractivity (Wildman–Crippen MR) is 97.6 cm³/mol. The van der Waals surface area contributed by atoms with E-state index >= 15 is 0 Å². The lowest BCUT2D eigenvalue weighted by molar-refractivity contribution is -0.130. The van der Waals surface area contributed by atoms with Crippen molar-refractivity contribution in [1.82, 2.24) is 4.90 Å². The minimum atomic E-state index is -0.140. The molecule has 0 bridgehead atoms. The first-order valence-corrected chi connectivity index (χ1v) is 9.46. The van der Waals surface area contributed by atoms with Gasteiger partial charge < -0.3 is 4.90 Å². The lowest BCUT2D eigenvalue weighted by atomic mass is 10.1. The summed E-state index contributed by atoms with van der Waals surface area (Å²) in [6, 6.07) is 17.1. The van der Waals surface area contributed by atoms with E-state index in [0.29, 0.717) is 13.0 Å². The minimum absolute atomic E-state index is 0.137. The van der Waals surface area contributed by atoms with Crippen LogP contribution in [0.3, 0.4) is 0 Å². The van der Waals surface area contributed by atoms with Crippen molar-refractivity contribution >= 4 is 17.7 Å². The molecule has 0 saturated carbocycles. The maximum Gasteiger partial charge on any atom is 0.222 e. The first-order chi connectivity index (χ1) is 11.7. The van der Waals surface area contributed by atoms with Gasteiger partial charge >= 0.3 is 0 Å². The second kappa shape index (κ2) is 8.34. The standard InChI is InChI=1S/C20H22FNOS/c21-18-9-5-4-8-17(18)19-12-13-22(14-15-24-19)20(23)11-10-16-6-2-1-3-7-16/h1-9,19H,10-15H2. The van der Waals surface area contributed by atoms with Crippen LogP contribution in [0.25, 0.3) is 0 Å². The molecule has 1 heterocycles. The molecule has 2 nitrogen and oxygen atoms in total. The van der Waals surface area contributed by atoms with E-state index in [0.717, 1.165) is 30.7 Å². The zero-order valence-electron chi connectivity index (χ0n) is 13.7. The van der Waals surface area contributed by atoms with E-state index in [-0.39, 0.29) is 17.0 Å². The first-order valence-electron chi connectivity index (χ1n) is 8.42. The summed E-state index contributed by atoms with van der Waals surface area (Å²) in [6.45, 7) is 1.46. The van der Waals surface area contributed by atoms with Crippen molar-refractivity contribution in [2.24, 2.45) is 0 Å². The van der Waals surface area contributed by atoms with Crippen molar-refractivity contribution in [1.29, 1.82) is 0 Å². The number of nitrogens with zero attached hydrogens (tertiary/aromatic N) is 1. The number of benzene rings is 2. The number of carbonyl (C=O) groups excluding carboxylic acids is 1. The zero-order chi connectivity index (χ0) is 16.8. The number of halogens is 1. The largest absolute Gasteiger partial charge is 0.342 e. The molecule has 1 amide bonds. The van der Waals surface area contributed by atoms with Crippen LogP contribution in [0.4, 0.5) is 4.39 Å². The fourth-order valence-electron chi connectivity index (χ4n) is 3.06. The normalized spacial score (nSPS) is 18.2. The number of thioether (sulfide) groups is 1. The van der Waals surface area contributed by atoms with E-state index in [2.05, 4.69) is 12.1 Å². The lowest BCUT2D eigenvalue weighted by Crippen LogP contribution is -2.33. The average molecular weight is 343 g/mol. The third-order valence-electron chi connectivity index (χ3n) is 4.42. The van der Waals surface area contributed by atoms with E-state index in [1.165, 1.54) is 11.6 Å². The summed E-state index contributed by atoms with van der Waals surface area (Å²) in [5, 5.41) is 0.137. The van der Waals surface area contributed by atoms with Gasteiger partial charge in [0.2, 0.25) is 5.91 Å². The van der Waals surface area contributed by atoms with Crippen LogP contribution in [0.2, 0.25) is 0 Å². The van der Waals surface area contributed by atoms with Crippen LogP contribution in [0.5, 0.6) is 0 Å². The van der Waals surface area contributed by atoms with E-state index in [4.69, 9.17) is 0 Å². The van der Waals surface area contributed by atoms with Crippen molar-refractivity contribution in [2.45, 2.75) is 24.5 Å². The highest BCUT2D eigenvalue weighted by molar-refractivity contribution is 7.99. The van der Waals surface area contributed by atoms with Gasteiger partial charge in [-0.05, 0) is 24.5 Å². The summed E-state index contributed by atoms with van der Waals surface area (Å²) < 4.78 is 14.0. The molecule has 1 atom stereocenters. The van der Waals surface area contributed by atoms with Crippen molar-refractivity contribution in [3.05, 3.63) is 71.5 Å². The smallest absolute Gasteiger partial charge is 0.222 e. The maximum absolute atomic E-state index is 14.0. The molecular formula is C20H22FNOS. The van der Waals surface area contributed by atoms with Crippen molar-refractivity contribution < 1.29 is 9.18 Å². The number of hydrogen-bond acceptors (Lipinski definition) is 2. The third kappa shape index (κ3) is 4.38. The molecule has 1 aliphatic heterocycles. The Morgan fingerprint density at radius 2 is 1.83 bits per heavy atom. The monoisotopic (exact) mass is 343 g/mol. The molecule has 126 valence electrons. The number of carbonyl (C=O) groups is 1. The van der Waals surface area contributed by atoms with Gasteiger partial charge in [0.15, 0.2) is 0 Å². The molecule has 4 heteroatoms. The Bertz CT molecular complexity index is 676. The summed E-state index contributed by atoms with van der Waals surface area (Å²) in [7, 11) is 0. The van der Waals surface area contributed by atoms with Crippen LogP contribution in [0.1, 0.15) is 29.2 Å². The molecule has 1 saturated heterocycles. The van der Waals surface area contributed by atoms with Gasteiger partial charge in [0, 0.05) is 36.1 Å². The number of aryl methyl sites for hydroxylation is 1. The number of hydrogen-bond donors (Lipinski definition) is 0. The van der Waals surface area contributed by atoms with Crippen molar-refractivity contribution in [3.63, 3.8) is 0 Å². The van der Waals surface area contributed by atoms with Crippen molar-refractivity contribution in [3.8, 4) is 0 Å². The molecule has 2 aromatic rings. The Hall–Kier alpha value is -1.81. The van der Waals surface area contributed by atoms with Crippen molar-refractivity contribution in [2.75, 3.05) is 18.8 Å². The van der Waals surface area contributed by atoms with Gasteiger partial charge in [-0.2, -0.15) is 11.8 Å². The Balaban J connectivity index is 1.55. The van der Waals surface area contributed by atoms with Gasteiger partial charge in [0.25, 0.3) is 0 Å². The van der Waals surface area contributed by atoms with Crippen LogP contribution in [0, 0.1) is 5.82 Å². The molecule has 0 radical (unpaired) electrons. The quantitative estimate of drug-likeness (QED) is 0.816. The number of amides is 1. The second-order valence-electron chi connectivity index (χ2n) is 6.04. The van der Waals surface area contributed by atoms with E-state index in [1.807, 2.05) is 35.2 Å². The van der Waals surface area contributed by atoms with Gasteiger partial charge in [0.1, 0.15) is 5.82 Å². The van der Waals surface area contributed by atoms with Gasteiger partial charge in [-0.3, -0.25) is 4.79 Å². The highest BCUT2D eigenvalue weighted by atomic mass is 32.2. The van der Waals surface area contributed by atoms with E-state index in [9.17, 15) is 9.18 Å². The summed E-state index contributed by atoms with van der Waals surface area (Å²) >= 11 is 1.75. The third-order valence-corrected chi connectivity index (χ3v) is 5.73. The zero-order valence-corrected chi connectivity index (χ0v) is 14.5. The Kier molecular flexibility index (Phi) is 5.91.